The zero-order valence-corrected chi connectivity index (χ0v) is 14.8. The molecule has 0 aliphatic rings. The molecule has 2 N–H and O–H groups in total. The van der Waals surface area contributed by atoms with E-state index in [1.165, 1.54) is 16.4 Å². The maximum Gasteiger partial charge on any atom is 0.210 e. The van der Waals surface area contributed by atoms with Crippen molar-refractivity contribution in [1.29, 1.82) is 0 Å². The van der Waals surface area contributed by atoms with E-state index < -0.39 is 0 Å². The molecule has 1 aromatic heterocycles. The molecule has 1 heterocycles. The van der Waals surface area contributed by atoms with E-state index >= 15 is 0 Å². The summed E-state index contributed by atoms with van der Waals surface area (Å²) < 4.78 is 1.44. The lowest BCUT2D eigenvalue weighted by Crippen LogP contribution is -2.11. The Bertz CT molecular complexity index is 850. The minimum atomic E-state index is 0.553. The van der Waals surface area contributed by atoms with Crippen LogP contribution in [-0.4, -0.2) is 14.9 Å². The van der Waals surface area contributed by atoms with Crippen molar-refractivity contribution in [2.45, 2.75) is 10.9 Å². The van der Waals surface area contributed by atoms with Gasteiger partial charge in [0.15, 0.2) is 5.82 Å². The summed E-state index contributed by atoms with van der Waals surface area (Å²) in [5, 5.41) is 10.7. The van der Waals surface area contributed by atoms with E-state index in [1.54, 1.807) is 24.3 Å². The number of aromatic nitrogens is 3. The Labute approximate surface area is 152 Å². The van der Waals surface area contributed by atoms with Crippen LogP contribution in [0.3, 0.4) is 0 Å². The van der Waals surface area contributed by atoms with E-state index in [2.05, 4.69) is 10.2 Å². The Morgan fingerprint density at radius 2 is 1.78 bits per heavy atom. The molecule has 8 heteroatoms. The normalized spacial score (nSPS) is 10.9. The Kier molecular flexibility index (Phi) is 5.02. The van der Waals surface area contributed by atoms with Crippen LogP contribution in [-0.2, 0) is 5.75 Å². The molecule has 23 heavy (non-hydrogen) atoms. The lowest BCUT2D eigenvalue weighted by atomic mass is 10.2. The summed E-state index contributed by atoms with van der Waals surface area (Å²) in [5.74, 6) is 7.25. The first-order chi connectivity index (χ1) is 11.0. The Balaban J connectivity index is 1.80. The van der Waals surface area contributed by atoms with Gasteiger partial charge in [0.2, 0.25) is 5.16 Å². The number of benzene rings is 2. The fraction of sp³-hybridized carbons (Fsp3) is 0.0667. The van der Waals surface area contributed by atoms with Crippen molar-refractivity contribution >= 4 is 46.6 Å². The second-order valence-corrected chi connectivity index (χ2v) is 6.93. The zero-order valence-electron chi connectivity index (χ0n) is 11.7. The highest BCUT2D eigenvalue weighted by Crippen LogP contribution is 2.29. The third-order valence-corrected chi connectivity index (χ3v) is 4.93. The molecule has 3 rings (SSSR count). The fourth-order valence-electron chi connectivity index (χ4n) is 1.98. The summed E-state index contributed by atoms with van der Waals surface area (Å²) in [6.07, 6.45) is 0. The Morgan fingerprint density at radius 3 is 2.52 bits per heavy atom. The van der Waals surface area contributed by atoms with Gasteiger partial charge in [0, 0.05) is 26.4 Å². The lowest BCUT2D eigenvalue weighted by molar-refractivity contribution is 0.849. The van der Waals surface area contributed by atoms with Gasteiger partial charge in [-0.2, -0.15) is 0 Å². The summed E-state index contributed by atoms with van der Waals surface area (Å²) in [6, 6.07) is 12.7. The van der Waals surface area contributed by atoms with Gasteiger partial charge in [0.25, 0.3) is 0 Å². The van der Waals surface area contributed by atoms with Gasteiger partial charge in [0.05, 0.1) is 0 Å². The first-order valence-electron chi connectivity index (χ1n) is 6.58. The lowest BCUT2D eigenvalue weighted by Gasteiger charge is -2.05. The molecule has 0 unspecified atom stereocenters. The van der Waals surface area contributed by atoms with Gasteiger partial charge in [-0.1, -0.05) is 64.8 Å². The van der Waals surface area contributed by atoms with Crippen LogP contribution in [0.1, 0.15) is 5.56 Å². The number of halogens is 3. The van der Waals surface area contributed by atoms with E-state index in [9.17, 15) is 0 Å². The summed E-state index contributed by atoms with van der Waals surface area (Å²) in [4.78, 5) is 0. The van der Waals surface area contributed by atoms with Gasteiger partial charge in [-0.05, 0) is 29.8 Å². The minimum absolute atomic E-state index is 0.553. The Hall–Kier alpha value is -1.40. The topological polar surface area (TPSA) is 56.7 Å². The van der Waals surface area contributed by atoms with Crippen molar-refractivity contribution in [2.75, 3.05) is 5.84 Å². The molecule has 3 aromatic rings. The third kappa shape index (κ3) is 3.75. The SMILES string of the molecule is Nn1c(SCc2ccc(Cl)cc2Cl)nnc1-c1cccc(Cl)c1. The van der Waals surface area contributed by atoms with E-state index in [1.807, 2.05) is 18.2 Å². The van der Waals surface area contributed by atoms with Crippen molar-refractivity contribution in [3.8, 4) is 11.4 Å². The molecule has 0 fully saturated rings. The average Bonchev–Trinajstić information content (AvgIpc) is 2.87. The van der Waals surface area contributed by atoms with Gasteiger partial charge in [-0.15, -0.1) is 10.2 Å². The van der Waals surface area contributed by atoms with E-state index in [4.69, 9.17) is 40.6 Å². The van der Waals surface area contributed by atoms with E-state index in [0.717, 1.165) is 11.1 Å². The van der Waals surface area contributed by atoms with Crippen LogP contribution in [0.25, 0.3) is 11.4 Å². The second-order valence-electron chi connectivity index (χ2n) is 4.71. The molecule has 0 saturated carbocycles. The molecule has 0 aliphatic heterocycles. The van der Waals surface area contributed by atoms with Gasteiger partial charge in [-0.3, -0.25) is 0 Å². The number of hydrogen-bond acceptors (Lipinski definition) is 4. The monoisotopic (exact) mass is 384 g/mol. The molecule has 0 saturated heterocycles. The van der Waals surface area contributed by atoms with Crippen LogP contribution in [0.15, 0.2) is 47.6 Å². The molecular formula is C15H11Cl3N4S. The molecule has 4 nitrogen and oxygen atoms in total. The zero-order chi connectivity index (χ0) is 16.4. The maximum absolute atomic E-state index is 6.17. The number of nitrogens with zero attached hydrogens (tertiary/aromatic N) is 3. The highest BCUT2D eigenvalue weighted by atomic mass is 35.5. The van der Waals surface area contributed by atoms with E-state index in [0.29, 0.717) is 31.8 Å². The molecular weight excluding hydrogens is 375 g/mol. The van der Waals surface area contributed by atoms with Crippen LogP contribution in [0, 0.1) is 0 Å². The van der Waals surface area contributed by atoms with Crippen molar-refractivity contribution in [3.05, 3.63) is 63.1 Å². The first-order valence-corrected chi connectivity index (χ1v) is 8.69. The van der Waals surface area contributed by atoms with Gasteiger partial charge < -0.3 is 5.84 Å². The molecule has 0 amide bonds. The van der Waals surface area contributed by atoms with Crippen molar-refractivity contribution in [2.24, 2.45) is 0 Å². The van der Waals surface area contributed by atoms with Gasteiger partial charge in [0.1, 0.15) is 0 Å². The van der Waals surface area contributed by atoms with E-state index in [-0.39, 0.29) is 0 Å². The molecule has 0 spiro atoms. The second kappa shape index (κ2) is 7.01. The standard InChI is InChI=1S/C15H11Cl3N4S/c16-11-3-1-2-9(6-11)14-20-21-15(22(14)19)23-8-10-4-5-12(17)7-13(10)18/h1-7H,8,19H2. The highest BCUT2D eigenvalue weighted by molar-refractivity contribution is 7.98. The van der Waals surface area contributed by atoms with Crippen molar-refractivity contribution in [3.63, 3.8) is 0 Å². The summed E-state index contributed by atoms with van der Waals surface area (Å²) >= 11 is 19.5. The number of nitrogen functional groups attached to an aromatic ring is 1. The number of nitrogens with two attached hydrogens (primary N) is 1. The van der Waals surface area contributed by atoms with Crippen LogP contribution in [0.4, 0.5) is 0 Å². The number of thioether (sulfide) groups is 1. The molecule has 0 aliphatic carbocycles. The van der Waals surface area contributed by atoms with Crippen molar-refractivity contribution < 1.29 is 0 Å². The van der Waals surface area contributed by atoms with Crippen LogP contribution >= 0.6 is 46.6 Å². The number of hydrogen-bond donors (Lipinski definition) is 1. The highest BCUT2D eigenvalue weighted by Gasteiger charge is 2.13. The van der Waals surface area contributed by atoms with Crippen LogP contribution in [0.5, 0.6) is 0 Å². The Morgan fingerprint density at radius 1 is 1.00 bits per heavy atom. The summed E-state index contributed by atoms with van der Waals surface area (Å²) in [6.45, 7) is 0. The van der Waals surface area contributed by atoms with Gasteiger partial charge in [-0.25, -0.2) is 4.68 Å². The average molecular weight is 386 g/mol. The third-order valence-electron chi connectivity index (χ3n) is 3.12. The summed E-state index contributed by atoms with van der Waals surface area (Å²) in [5.41, 5.74) is 1.76. The maximum atomic E-state index is 6.17. The first kappa shape index (κ1) is 16.5. The smallest absolute Gasteiger partial charge is 0.210 e. The van der Waals surface area contributed by atoms with Crippen LogP contribution < -0.4 is 5.84 Å². The van der Waals surface area contributed by atoms with Crippen molar-refractivity contribution in [1.82, 2.24) is 14.9 Å². The molecule has 0 atom stereocenters. The summed E-state index contributed by atoms with van der Waals surface area (Å²) in [7, 11) is 0. The molecule has 0 radical (unpaired) electrons. The molecule has 118 valence electrons. The largest absolute Gasteiger partial charge is 0.335 e. The predicted octanol–water partition coefficient (Wildman–Crippen LogP) is 4.91. The fourth-order valence-corrected chi connectivity index (χ4v) is 3.59. The minimum Gasteiger partial charge on any atom is -0.335 e. The van der Waals surface area contributed by atoms with Gasteiger partial charge >= 0.3 is 0 Å². The number of rotatable bonds is 4. The predicted molar refractivity (Wildman–Crippen MR) is 96.6 cm³/mol. The quantitative estimate of drug-likeness (QED) is 0.512. The molecule has 2 aromatic carbocycles. The van der Waals surface area contributed by atoms with Crippen LogP contribution in [0.2, 0.25) is 15.1 Å². The molecule has 0 bridgehead atoms.